The van der Waals surface area contributed by atoms with Crippen molar-refractivity contribution < 1.29 is 0 Å². The van der Waals surface area contributed by atoms with Crippen molar-refractivity contribution in [1.29, 1.82) is 0 Å². The monoisotopic (exact) mass is 293 g/mol. The van der Waals surface area contributed by atoms with Gasteiger partial charge in [-0.1, -0.05) is 0 Å². The van der Waals surface area contributed by atoms with Gasteiger partial charge in [-0.15, -0.1) is 0 Å². The fourth-order valence-electron chi connectivity index (χ4n) is 2.56. The van der Waals surface area contributed by atoms with Gasteiger partial charge < -0.3 is 9.72 Å². The molecule has 0 bridgehead atoms. The maximum atomic E-state index is 4.75. The lowest BCUT2D eigenvalue weighted by Gasteiger charge is -2.07. The SMILES string of the molecule is Cc1c(CC2CCCN2)nc2c(Br)cccn12. The average Bonchev–Trinajstić information content (AvgIpc) is 2.92. The summed E-state index contributed by atoms with van der Waals surface area (Å²) < 4.78 is 3.22. The van der Waals surface area contributed by atoms with Crippen molar-refractivity contribution in [3.05, 3.63) is 34.2 Å². The van der Waals surface area contributed by atoms with Crippen LogP contribution in [0.2, 0.25) is 0 Å². The molecule has 0 aliphatic carbocycles. The Morgan fingerprint density at radius 1 is 1.59 bits per heavy atom. The molecule has 2 aromatic heterocycles. The first kappa shape index (κ1) is 11.2. The normalized spacial score (nSPS) is 20.2. The van der Waals surface area contributed by atoms with Crippen LogP contribution in [0.5, 0.6) is 0 Å². The summed E-state index contributed by atoms with van der Waals surface area (Å²) in [6.45, 7) is 3.30. The number of aromatic nitrogens is 2. The van der Waals surface area contributed by atoms with Gasteiger partial charge >= 0.3 is 0 Å². The van der Waals surface area contributed by atoms with Gasteiger partial charge in [0.05, 0.1) is 10.2 Å². The summed E-state index contributed by atoms with van der Waals surface area (Å²) in [5.41, 5.74) is 3.50. The first-order chi connectivity index (χ1) is 8.25. The van der Waals surface area contributed by atoms with Crippen LogP contribution < -0.4 is 5.32 Å². The standard InChI is InChI=1S/C13H16BrN3/c1-9-12(8-10-4-2-6-15-10)16-13-11(14)5-3-7-17(9)13/h3,5,7,10,15H,2,4,6,8H2,1H3. The second-order valence-electron chi connectivity index (χ2n) is 4.69. The summed E-state index contributed by atoms with van der Waals surface area (Å²) in [7, 11) is 0. The number of pyridine rings is 1. The molecule has 3 heterocycles. The maximum Gasteiger partial charge on any atom is 0.151 e. The van der Waals surface area contributed by atoms with Gasteiger partial charge in [0.2, 0.25) is 0 Å². The van der Waals surface area contributed by atoms with E-state index in [9.17, 15) is 0 Å². The molecule has 1 N–H and O–H groups in total. The van der Waals surface area contributed by atoms with E-state index in [0.29, 0.717) is 6.04 Å². The Morgan fingerprint density at radius 2 is 2.47 bits per heavy atom. The summed E-state index contributed by atoms with van der Waals surface area (Å²) in [4.78, 5) is 4.75. The van der Waals surface area contributed by atoms with Crippen LogP contribution in [0.25, 0.3) is 5.65 Å². The molecule has 0 radical (unpaired) electrons. The molecule has 17 heavy (non-hydrogen) atoms. The van der Waals surface area contributed by atoms with Gasteiger partial charge in [0.25, 0.3) is 0 Å². The largest absolute Gasteiger partial charge is 0.314 e. The van der Waals surface area contributed by atoms with Crippen LogP contribution in [0.4, 0.5) is 0 Å². The van der Waals surface area contributed by atoms with E-state index in [1.807, 2.05) is 12.1 Å². The Morgan fingerprint density at radius 3 is 3.18 bits per heavy atom. The molecule has 1 aliphatic heterocycles. The number of hydrogen-bond acceptors (Lipinski definition) is 2. The fraction of sp³-hybridized carbons (Fsp3) is 0.462. The van der Waals surface area contributed by atoms with Gasteiger partial charge in [0.1, 0.15) is 0 Å². The Hall–Kier alpha value is -0.870. The van der Waals surface area contributed by atoms with Crippen LogP contribution >= 0.6 is 15.9 Å². The molecule has 2 aromatic rings. The van der Waals surface area contributed by atoms with E-state index in [4.69, 9.17) is 4.98 Å². The van der Waals surface area contributed by atoms with Gasteiger partial charge in [-0.05, 0) is 54.4 Å². The van der Waals surface area contributed by atoms with E-state index >= 15 is 0 Å². The van der Waals surface area contributed by atoms with Crippen molar-refractivity contribution in [2.24, 2.45) is 0 Å². The van der Waals surface area contributed by atoms with Gasteiger partial charge in [-0.2, -0.15) is 0 Å². The molecule has 0 aromatic carbocycles. The van der Waals surface area contributed by atoms with E-state index in [2.05, 4.69) is 38.8 Å². The van der Waals surface area contributed by atoms with E-state index in [0.717, 1.165) is 23.1 Å². The molecule has 4 heteroatoms. The number of imidazole rings is 1. The summed E-state index contributed by atoms with van der Waals surface area (Å²) in [6, 6.07) is 4.69. The minimum Gasteiger partial charge on any atom is -0.314 e. The summed E-state index contributed by atoms with van der Waals surface area (Å²) in [5.74, 6) is 0. The van der Waals surface area contributed by atoms with E-state index in [-0.39, 0.29) is 0 Å². The molecule has 90 valence electrons. The third-order valence-corrected chi connectivity index (χ3v) is 4.16. The number of fused-ring (bicyclic) bond motifs is 1. The first-order valence-corrected chi connectivity index (χ1v) is 6.90. The lowest BCUT2D eigenvalue weighted by atomic mass is 10.1. The van der Waals surface area contributed by atoms with Crippen LogP contribution in [0.3, 0.4) is 0 Å². The average molecular weight is 294 g/mol. The highest BCUT2D eigenvalue weighted by atomic mass is 79.9. The van der Waals surface area contributed by atoms with E-state index in [1.165, 1.54) is 24.2 Å². The molecule has 0 amide bonds. The molecular weight excluding hydrogens is 278 g/mol. The summed E-state index contributed by atoms with van der Waals surface area (Å²) in [6.07, 6.45) is 5.68. The summed E-state index contributed by atoms with van der Waals surface area (Å²) >= 11 is 3.56. The highest BCUT2D eigenvalue weighted by molar-refractivity contribution is 9.10. The van der Waals surface area contributed by atoms with Gasteiger partial charge in [0.15, 0.2) is 5.65 Å². The van der Waals surface area contributed by atoms with Gasteiger partial charge in [-0.25, -0.2) is 4.98 Å². The molecule has 1 unspecified atom stereocenters. The molecule has 3 nitrogen and oxygen atoms in total. The van der Waals surface area contributed by atoms with Crippen LogP contribution in [-0.2, 0) is 6.42 Å². The number of hydrogen-bond donors (Lipinski definition) is 1. The zero-order valence-electron chi connectivity index (χ0n) is 9.91. The van der Waals surface area contributed by atoms with E-state index < -0.39 is 0 Å². The maximum absolute atomic E-state index is 4.75. The number of rotatable bonds is 2. The molecule has 1 saturated heterocycles. The molecular formula is C13H16BrN3. The number of nitrogens with one attached hydrogen (secondary N) is 1. The zero-order valence-corrected chi connectivity index (χ0v) is 11.5. The molecule has 1 aliphatic rings. The van der Waals surface area contributed by atoms with Crippen LogP contribution in [-0.4, -0.2) is 22.0 Å². The van der Waals surface area contributed by atoms with Crippen molar-refractivity contribution in [1.82, 2.24) is 14.7 Å². The van der Waals surface area contributed by atoms with Crippen molar-refractivity contribution >= 4 is 21.6 Å². The Labute approximate surface area is 109 Å². The third kappa shape index (κ3) is 2.00. The van der Waals surface area contributed by atoms with Gasteiger partial charge in [-0.3, -0.25) is 0 Å². The quantitative estimate of drug-likeness (QED) is 0.922. The highest BCUT2D eigenvalue weighted by Gasteiger charge is 2.18. The number of aryl methyl sites for hydroxylation is 1. The molecule has 0 spiro atoms. The Bertz CT molecular complexity index is 541. The minimum atomic E-state index is 0.609. The molecule has 0 saturated carbocycles. The second kappa shape index (κ2) is 4.42. The van der Waals surface area contributed by atoms with Crippen LogP contribution in [0, 0.1) is 6.92 Å². The summed E-state index contributed by atoms with van der Waals surface area (Å²) in [5, 5.41) is 3.53. The molecule has 1 atom stereocenters. The third-order valence-electron chi connectivity index (χ3n) is 3.54. The minimum absolute atomic E-state index is 0.609. The Kier molecular flexibility index (Phi) is 2.92. The predicted octanol–water partition coefficient (Wildman–Crippen LogP) is 2.70. The zero-order chi connectivity index (χ0) is 11.8. The smallest absolute Gasteiger partial charge is 0.151 e. The Balaban J connectivity index is 1.99. The van der Waals surface area contributed by atoms with Gasteiger partial charge in [0, 0.05) is 24.4 Å². The second-order valence-corrected chi connectivity index (χ2v) is 5.55. The fourth-order valence-corrected chi connectivity index (χ4v) is 2.99. The molecule has 1 fully saturated rings. The van der Waals surface area contributed by atoms with Crippen molar-refractivity contribution in [3.8, 4) is 0 Å². The number of halogens is 1. The van der Waals surface area contributed by atoms with Crippen LogP contribution in [0.15, 0.2) is 22.8 Å². The van der Waals surface area contributed by atoms with E-state index in [1.54, 1.807) is 0 Å². The first-order valence-electron chi connectivity index (χ1n) is 6.11. The predicted molar refractivity (Wildman–Crippen MR) is 72.4 cm³/mol. The molecule has 3 rings (SSSR count). The van der Waals surface area contributed by atoms with Crippen molar-refractivity contribution in [3.63, 3.8) is 0 Å². The lowest BCUT2D eigenvalue weighted by molar-refractivity contribution is 0.595. The number of nitrogens with zero attached hydrogens (tertiary/aromatic N) is 2. The van der Waals surface area contributed by atoms with Crippen molar-refractivity contribution in [2.45, 2.75) is 32.2 Å². The van der Waals surface area contributed by atoms with Crippen LogP contribution in [0.1, 0.15) is 24.2 Å². The highest BCUT2D eigenvalue weighted by Crippen LogP contribution is 2.22. The van der Waals surface area contributed by atoms with Crippen molar-refractivity contribution in [2.75, 3.05) is 6.54 Å². The lowest BCUT2D eigenvalue weighted by Crippen LogP contribution is -2.24. The topological polar surface area (TPSA) is 29.3 Å².